The second-order valence-electron chi connectivity index (χ2n) is 3.92. The van der Waals surface area contributed by atoms with Gasteiger partial charge in [0.2, 0.25) is 5.91 Å². The molecule has 1 saturated heterocycles. The summed E-state index contributed by atoms with van der Waals surface area (Å²) in [5.41, 5.74) is 0. The zero-order valence-electron chi connectivity index (χ0n) is 9.39. The number of nitrogens with zero attached hydrogens (tertiary/aromatic N) is 1. The van der Waals surface area contributed by atoms with E-state index in [1.165, 1.54) is 4.90 Å². The molecule has 1 unspecified atom stereocenters. The van der Waals surface area contributed by atoms with Crippen LogP contribution in [0.15, 0.2) is 0 Å². The first kappa shape index (κ1) is 12.1. The van der Waals surface area contributed by atoms with Gasteiger partial charge < -0.3 is 4.74 Å². The number of rotatable bonds is 3. The molecule has 1 atom stereocenters. The molecule has 0 bridgehead atoms. The molecular weight excluding hydrogens is 246 g/mol. The van der Waals surface area contributed by atoms with Crippen LogP contribution in [0, 0.1) is 5.92 Å². The second kappa shape index (κ2) is 4.49. The van der Waals surface area contributed by atoms with Crippen LogP contribution in [0.3, 0.4) is 0 Å². The van der Waals surface area contributed by atoms with Crippen LogP contribution < -0.4 is 0 Å². The number of thioether (sulfide) groups is 2. The van der Waals surface area contributed by atoms with Crippen LogP contribution >= 0.6 is 23.5 Å². The summed E-state index contributed by atoms with van der Waals surface area (Å²) in [5, 5.41) is 0. The molecular formula is C10H15NO3S2. The molecule has 2 fully saturated rings. The zero-order chi connectivity index (χ0) is 11.8. The van der Waals surface area contributed by atoms with E-state index in [-0.39, 0.29) is 15.9 Å². The van der Waals surface area contributed by atoms with Gasteiger partial charge in [-0.05, 0) is 25.4 Å². The van der Waals surface area contributed by atoms with Gasteiger partial charge >= 0.3 is 6.09 Å². The molecule has 16 heavy (non-hydrogen) atoms. The second-order valence-corrected chi connectivity index (χ2v) is 6.45. The van der Waals surface area contributed by atoms with Crippen molar-refractivity contribution in [3.63, 3.8) is 0 Å². The normalized spacial score (nSPS) is 27.5. The number of cyclic esters (lactones) is 1. The molecule has 6 heteroatoms. The molecule has 0 aromatic heterocycles. The van der Waals surface area contributed by atoms with Crippen molar-refractivity contribution in [2.24, 2.45) is 5.92 Å². The fraction of sp³-hybridized carbons (Fsp3) is 0.800. The smallest absolute Gasteiger partial charge is 0.416 e. The Bertz CT molecular complexity index is 312. The first-order chi connectivity index (χ1) is 7.64. The van der Waals surface area contributed by atoms with Gasteiger partial charge in [-0.2, -0.15) is 0 Å². The number of hydrogen-bond acceptors (Lipinski definition) is 5. The Balaban J connectivity index is 2.08. The lowest BCUT2D eigenvalue weighted by Gasteiger charge is -2.46. The minimum Gasteiger partial charge on any atom is -0.447 e. The molecule has 2 rings (SSSR count). The van der Waals surface area contributed by atoms with Crippen LogP contribution in [0.4, 0.5) is 4.79 Å². The molecule has 1 saturated carbocycles. The third-order valence-corrected chi connectivity index (χ3v) is 6.69. The van der Waals surface area contributed by atoms with Crippen LogP contribution in [-0.2, 0) is 9.53 Å². The number of imide groups is 1. The summed E-state index contributed by atoms with van der Waals surface area (Å²) in [6.45, 7) is 0.746. The quantitative estimate of drug-likeness (QED) is 0.725. The Kier molecular flexibility index (Phi) is 3.39. The largest absolute Gasteiger partial charge is 0.447 e. The fourth-order valence-electron chi connectivity index (χ4n) is 2.19. The van der Waals surface area contributed by atoms with Gasteiger partial charge in [0.25, 0.3) is 0 Å². The fourth-order valence-corrected chi connectivity index (χ4v) is 4.51. The summed E-state index contributed by atoms with van der Waals surface area (Å²) < 4.78 is 4.77. The summed E-state index contributed by atoms with van der Waals surface area (Å²) in [4.78, 5) is 24.7. The molecule has 2 aliphatic rings. The molecule has 90 valence electrons. The molecule has 1 aliphatic heterocycles. The highest BCUT2D eigenvalue weighted by molar-refractivity contribution is 8.17. The maximum absolute atomic E-state index is 12.2. The van der Waals surface area contributed by atoms with Crippen molar-refractivity contribution < 1.29 is 14.3 Å². The highest BCUT2D eigenvalue weighted by atomic mass is 32.2. The van der Waals surface area contributed by atoms with Crippen molar-refractivity contribution in [3.05, 3.63) is 0 Å². The van der Waals surface area contributed by atoms with Crippen LogP contribution in [-0.4, -0.2) is 46.6 Å². The van der Waals surface area contributed by atoms with Gasteiger partial charge in [0.05, 0.1) is 16.5 Å². The molecule has 0 spiro atoms. The van der Waals surface area contributed by atoms with Gasteiger partial charge in [0.15, 0.2) is 0 Å². The van der Waals surface area contributed by atoms with Crippen LogP contribution in [0.25, 0.3) is 0 Å². The van der Waals surface area contributed by atoms with Crippen molar-refractivity contribution >= 4 is 35.5 Å². The predicted molar refractivity (Wildman–Crippen MR) is 65.5 cm³/mol. The summed E-state index contributed by atoms with van der Waals surface area (Å²) in [6.07, 6.45) is 5.49. The van der Waals surface area contributed by atoms with E-state index in [0.717, 1.165) is 12.8 Å². The molecule has 0 aromatic carbocycles. The van der Waals surface area contributed by atoms with Crippen molar-refractivity contribution in [1.82, 2.24) is 4.90 Å². The third kappa shape index (κ3) is 1.72. The number of carbonyl (C=O) groups excluding carboxylic acids is 2. The lowest BCUT2D eigenvalue weighted by molar-refractivity contribution is -0.134. The molecule has 4 nitrogen and oxygen atoms in total. The maximum atomic E-state index is 12.2. The van der Waals surface area contributed by atoms with Crippen LogP contribution in [0.2, 0.25) is 0 Å². The summed E-state index contributed by atoms with van der Waals surface area (Å²) in [7, 11) is 0. The Hall–Kier alpha value is -0.360. The van der Waals surface area contributed by atoms with E-state index in [0.29, 0.717) is 13.2 Å². The first-order valence-corrected chi connectivity index (χ1v) is 7.68. The topological polar surface area (TPSA) is 46.6 Å². The van der Waals surface area contributed by atoms with Gasteiger partial charge in [-0.3, -0.25) is 4.79 Å². The molecule has 0 radical (unpaired) electrons. The van der Waals surface area contributed by atoms with Crippen molar-refractivity contribution in [3.8, 4) is 0 Å². The van der Waals surface area contributed by atoms with Gasteiger partial charge in [0, 0.05) is 0 Å². The number of amides is 2. The minimum atomic E-state index is -0.479. The van der Waals surface area contributed by atoms with Crippen molar-refractivity contribution in [2.45, 2.75) is 16.9 Å². The Labute approximate surface area is 103 Å². The highest BCUT2D eigenvalue weighted by Gasteiger charge is 2.52. The molecule has 1 heterocycles. The van der Waals surface area contributed by atoms with E-state index in [1.54, 1.807) is 23.5 Å². The lowest BCUT2D eigenvalue weighted by Crippen LogP contribution is -2.51. The molecule has 0 aromatic rings. The molecule has 2 amide bonds. The monoisotopic (exact) mass is 261 g/mol. The van der Waals surface area contributed by atoms with E-state index >= 15 is 0 Å². The number of hydrogen-bond donors (Lipinski definition) is 0. The third-order valence-electron chi connectivity index (χ3n) is 3.33. The van der Waals surface area contributed by atoms with Crippen LogP contribution in [0.1, 0.15) is 12.8 Å². The summed E-state index contributed by atoms with van der Waals surface area (Å²) in [5.74, 6) is -0.0967. The van der Waals surface area contributed by atoms with Gasteiger partial charge in [-0.15, -0.1) is 23.5 Å². The predicted octanol–water partition coefficient (Wildman–Crippen LogP) is 1.80. The average molecular weight is 261 g/mol. The van der Waals surface area contributed by atoms with Gasteiger partial charge in [0.1, 0.15) is 6.61 Å². The van der Waals surface area contributed by atoms with E-state index in [2.05, 4.69) is 0 Å². The van der Waals surface area contributed by atoms with Crippen LogP contribution in [0.5, 0.6) is 0 Å². The van der Waals surface area contributed by atoms with E-state index in [9.17, 15) is 9.59 Å². The summed E-state index contributed by atoms with van der Waals surface area (Å²) in [6, 6.07) is 0. The first-order valence-electron chi connectivity index (χ1n) is 5.23. The maximum Gasteiger partial charge on any atom is 0.416 e. The van der Waals surface area contributed by atoms with Gasteiger partial charge in [-0.25, -0.2) is 9.69 Å². The Morgan fingerprint density at radius 3 is 2.56 bits per heavy atom. The van der Waals surface area contributed by atoms with E-state index in [1.807, 2.05) is 12.5 Å². The molecule has 1 aliphatic carbocycles. The average Bonchev–Trinajstić information content (AvgIpc) is 2.65. The Morgan fingerprint density at radius 1 is 1.50 bits per heavy atom. The van der Waals surface area contributed by atoms with Gasteiger partial charge in [-0.1, -0.05) is 0 Å². The lowest BCUT2D eigenvalue weighted by atomic mass is 9.82. The zero-order valence-corrected chi connectivity index (χ0v) is 11.0. The Morgan fingerprint density at radius 2 is 2.19 bits per heavy atom. The summed E-state index contributed by atoms with van der Waals surface area (Å²) >= 11 is 3.44. The number of ether oxygens (including phenoxy) is 1. The minimum absolute atomic E-state index is 0.0278. The standard InChI is InChI=1S/C10H15NO3S2/c1-15-10(16-2)4-3-7(10)8(12)11-5-6-14-9(11)13/h7H,3-6H2,1-2H3. The molecule has 0 N–H and O–H groups in total. The SMILES string of the molecule is CSC1(SC)CCC1C(=O)N1CCOC1=O. The highest BCUT2D eigenvalue weighted by Crippen LogP contribution is 2.55. The van der Waals surface area contributed by atoms with Crippen molar-refractivity contribution in [1.29, 1.82) is 0 Å². The number of carbonyl (C=O) groups is 2. The van der Waals surface area contributed by atoms with E-state index < -0.39 is 6.09 Å². The van der Waals surface area contributed by atoms with Crippen molar-refractivity contribution in [2.75, 3.05) is 25.7 Å². The van der Waals surface area contributed by atoms with E-state index in [4.69, 9.17) is 4.74 Å².